The summed E-state index contributed by atoms with van der Waals surface area (Å²) in [5.41, 5.74) is 1.75. The lowest BCUT2D eigenvalue weighted by atomic mass is 10.1. The first kappa shape index (κ1) is 11.4. The summed E-state index contributed by atoms with van der Waals surface area (Å²) >= 11 is 7.83. The molecule has 90 valence electrons. The molecule has 17 heavy (non-hydrogen) atoms. The van der Waals surface area contributed by atoms with Crippen molar-refractivity contribution in [1.29, 1.82) is 0 Å². The Morgan fingerprint density at radius 2 is 2.18 bits per heavy atom. The number of aromatic nitrogens is 1. The van der Waals surface area contributed by atoms with E-state index in [1.807, 2.05) is 22.7 Å². The van der Waals surface area contributed by atoms with Crippen LogP contribution in [0.4, 0.5) is 0 Å². The predicted molar refractivity (Wildman–Crippen MR) is 69.5 cm³/mol. The van der Waals surface area contributed by atoms with Crippen LogP contribution in [0.1, 0.15) is 28.8 Å². The van der Waals surface area contributed by atoms with Gasteiger partial charge in [0.15, 0.2) is 0 Å². The Kier molecular flexibility index (Phi) is 3.01. The molecule has 3 heterocycles. The molecule has 5 heteroatoms. The zero-order valence-corrected chi connectivity index (χ0v) is 10.9. The molecule has 1 amide bonds. The second-order valence-electron chi connectivity index (χ2n) is 4.44. The first-order chi connectivity index (χ1) is 8.25. The van der Waals surface area contributed by atoms with Gasteiger partial charge in [0, 0.05) is 18.8 Å². The topological polar surface area (TPSA) is 33.2 Å². The maximum atomic E-state index is 12.2. The Labute approximate surface area is 110 Å². The van der Waals surface area contributed by atoms with Crippen molar-refractivity contribution in [3.8, 4) is 0 Å². The van der Waals surface area contributed by atoms with Crippen LogP contribution in [-0.4, -0.2) is 33.3 Å². The molecule has 0 atom stereocenters. The zero-order valence-electron chi connectivity index (χ0n) is 9.36. The van der Waals surface area contributed by atoms with Crippen LogP contribution in [0.3, 0.4) is 0 Å². The highest BCUT2D eigenvalue weighted by atomic mass is 35.5. The van der Waals surface area contributed by atoms with Gasteiger partial charge in [0.05, 0.1) is 5.56 Å². The number of carbonyl (C=O) groups is 1. The Hall–Kier alpha value is -0.740. The van der Waals surface area contributed by atoms with Crippen LogP contribution < -0.4 is 0 Å². The van der Waals surface area contributed by atoms with E-state index in [9.17, 15) is 4.79 Å². The summed E-state index contributed by atoms with van der Waals surface area (Å²) in [6.07, 6.45) is 3.81. The molecule has 2 aliphatic rings. The van der Waals surface area contributed by atoms with Gasteiger partial charge in [0.25, 0.3) is 5.91 Å². The van der Waals surface area contributed by atoms with Crippen molar-refractivity contribution >= 4 is 29.3 Å². The number of hydrogen-bond donors (Lipinski definition) is 0. The summed E-state index contributed by atoms with van der Waals surface area (Å²) in [5.74, 6) is 2.44. The molecule has 1 saturated heterocycles. The summed E-state index contributed by atoms with van der Waals surface area (Å²) in [5, 5.41) is 0.470. The van der Waals surface area contributed by atoms with Gasteiger partial charge in [-0.1, -0.05) is 11.6 Å². The van der Waals surface area contributed by atoms with Crippen molar-refractivity contribution in [1.82, 2.24) is 9.88 Å². The van der Waals surface area contributed by atoms with Crippen molar-refractivity contribution in [3.63, 3.8) is 0 Å². The predicted octanol–water partition coefficient (Wildman–Crippen LogP) is 2.59. The van der Waals surface area contributed by atoms with E-state index >= 15 is 0 Å². The van der Waals surface area contributed by atoms with Crippen molar-refractivity contribution in [3.05, 3.63) is 28.5 Å². The maximum absolute atomic E-state index is 12.2. The van der Waals surface area contributed by atoms with Gasteiger partial charge in [-0.2, -0.15) is 11.8 Å². The van der Waals surface area contributed by atoms with E-state index in [-0.39, 0.29) is 5.91 Å². The normalized spacial score (nSPS) is 20.8. The second-order valence-corrected chi connectivity index (χ2v) is 6.05. The molecule has 0 bridgehead atoms. The van der Waals surface area contributed by atoms with E-state index in [0.717, 1.165) is 35.5 Å². The molecule has 0 aromatic carbocycles. The first-order valence-corrected chi connectivity index (χ1v) is 7.32. The van der Waals surface area contributed by atoms with E-state index < -0.39 is 0 Å². The lowest BCUT2D eigenvalue weighted by molar-refractivity contribution is 0.0693. The van der Waals surface area contributed by atoms with Gasteiger partial charge < -0.3 is 4.90 Å². The maximum Gasteiger partial charge on any atom is 0.256 e. The van der Waals surface area contributed by atoms with Crippen LogP contribution in [0.5, 0.6) is 0 Å². The minimum Gasteiger partial charge on any atom is -0.331 e. The van der Waals surface area contributed by atoms with Gasteiger partial charge in [0.1, 0.15) is 5.15 Å². The SMILES string of the molecule is O=C1c2cnc(Cl)cc2CN1C1CCSCC1. The van der Waals surface area contributed by atoms with Gasteiger partial charge >= 0.3 is 0 Å². The minimum absolute atomic E-state index is 0.126. The number of fused-ring (bicyclic) bond motifs is 1. The van der Waals surface area contributed by atoms with E-state index in [1.54, 1.807) is 6.20 Å². The molecule has 0 unspecified atom stereocenters. The molecule has 0 saturated carbocycles. The van der Waals surface area contributed by atoms with E-state index in [2.05, 4.69) is 4.98 Å². The third kappa shape index (κ3) is 2.04. The number of carbonyl (C=O) groups excluding carboxylic acids is 1. The van der Waals surface area contributed by atoms with Crippen LogP contribution in [0.2, 0.25) is 5.15 Å². The van der Waals surface area contributed by atoms with Gasteiger partial charge in [-0.3, -0.25) is 4.79 Å². The molecule has 3 nitrogen and oxygen atoms in total. The van der Waals surface area contributed by atoms with Gasteiger partial charge in [-0.05, 0) is 36.0 Å². The highest BCUT2D eigenvalue weighted by molar-refractivity contribution is 7.99. The third-order valence-corrected chi connectivity index (χ3v) is 4.68. The standard InChI is InChI=1S/C12H13ClN2OS/c13-11-5-8-7-15(9-1-3-17-4-2-9)12(16)10(8)6-14-11/h5-6,9H,1-4,7H2. The Bertz CT molecular complexity index is 460. The van der Waals surface area contributed by atoms with Crippen molar-refractivity contribution in [2.75, 3.05) is 11.5 Å². The zero-order chi connectivity index (χ0) is 11.8. The lowest BCUT2D eigenvalue weighted by Gasteiger charge is -2.30. The molecule has 1 aromatic heterocycles. The number of hydrogen-bond acceptors (Lipinski definition) is 3. The van der Waals surface area contributed by atoms with Crippen LogP contribution in [-0.2, 0) is 6.54 Å². The highest BCUT2D eigenvalue weighted by Gasteiger charge is 2.33. The van der Waals surface area contributed by atoms with Gasteiger partial charge in [-0.25, -0.2) is 4.98 Å². The van der Waals surface area contributed by atoms with Crippen LogP contribution in [0, 0.1) is 0 Å². The molecule has 1 fully saturated rings. The average Bonchev–Trinajstić information content (AvgIpc) is 2.67. The summed E-state index contributed by atoms with van der Waals surface area (Å²) in [4.78, 5) is 18.2. The third-order valence-electron chi connectivity index (χ3n) is 3.42. The number of pyridine rings is 1. The lowest BCUT2D eigenvalue weighted by Crippen LogP contribution is -2.37. The number of rotatable bonds is 1. The smallest absolute Gasteiger partial charge is 0.256 e. The fourth-order valence-electron chi connectivity index (χ4n) is 2.49. The Morgan fingerprint density at radius 1 is 1.41 bits per heavy atom. The fourth-order valence-corrected chi connectivity index (χ4v) is 3.76. The van der Waals surface area contributed by atoms with Gasteiger partial charge in [-0.15, -0.1) is 0 Å². The van der Waals surface area contributed by atoms with Crippen LogP contribution >= 0.6 is 23.4 Å². The molecule has 3 rings (SSSR count). The van der Waals surface area contributed by atoms with E-state index in [4.69, 9.17) is 11.6 Å². The highest BCUT2D eigenvalue weighted by Crippen LogP contribution is 2.30. The summed E-state index contributed by atoms with van der Waals surface area (Å²) in [7, 11) is 0. The first-order valence-electron chi connectivity index (χ1n) is 5.79. The second kappa shape index (κ2) is 4.50. The van der Waals surface area contributed by atoms with Crippen molar-refractivity contribution in [2.45, 2.75) is 25.4 Å². The number of nitrogens with zero attached hydrogens (tertiary/aromatic N) is 2. The number of halogens is 1. The molecule has 1 aromatic rings. The molecule has 0 N–H and O–H groups in total. The Morgan fingerprint density at radius 3 is 2.94 bits per heavy atom. The fraction of sp³-hybridized carbons (Fsp3) is 0.500. The van der Waals surface area contributed by atoms with Crippen LogP contribution in [0.15, 0.2) is 12.3 Å². The van der Waals surface area contributed by atoms with E-state index in [1.165, 1.54) is 0 Å². The van der Waals surface area contributed by atoms with E-state index in [0.29, 0.717) is 17.7 Å². The quantitative estimate of drug-likeness (QED) is 0.734. The van der Waals surface area contributed by atoms with Gasteiger partial charge in [0.2, 0.25) is 0 Å². The molecule has 0 aliphatic carbocycles. The molecule has 2 aliphatic heterocycles. The number of amides is 1. The summed E-state index contributed by atoms with van der Waals surface area (Å²) in [6, 6.07) is 2.21. The number of thioether (sulfide) groups is 1. The van der Waals surface area contributed by atoms with Crippen molar-refractivity contribution in [2.24, 2.45) is 0 Å². The Balaban J connectivity index is 1.85. The molecular formula is C12H13ClN2OS. The minimum atomic E-state index is 0.126. The van der Waals surface area contributed by atoms with Crippen LogP contribution in [0.25, 0.3) is 0 Å². The molecular weight excluding hydrogens is 256 g/mol. The largest absolute Gasteiger partial charge is 0.331 e. The molecule has 0 radical (unpaired) electrons. The molecule has 0 spiro atoms. The summed E-state index contributed by atoms with van der Waals surface area (Å²) < 4.78 is 0. The summed E-state index contributed by atoms with van der Waals surface area (Å²) in [6.45, 7) is 0.700. The average molecular weight is 269 g/mol. The van der Waals surface area contributed by atoms with Crippen molar-refractivity contribution < 1.29 is 4.79 Å². The monoisotopic (exact) mass is 268 g/mol.